The SMILES string of the molecule is CC1(C)CC(OC(=O)c2ccccc2)CC(C)(C)N1N. The highest BCUT2D eigenvalue weighted by Gasteiger charge is 2.45. The lowest BCUT2D eigenvalue weighted by molar-refractivity contribution is -0.0884. The van der Waals surface area contributed by atoms with Gasteiger partial charge in [0.25, 0.3) is 0 Å². The maximum atomic E-state index is 12.1. The number of nitrogens with zero attached hydrogens (tertiary/aromatic N) is 1. The molecule has 1 heterocycles. The summed E-state index contributed by atoms with van der Waals surface area (Å²) < 4.78 is 5.68. The van der Waals surface area contributed by atoms with E-state index < -0.39 is 0 Å². The summed E-state index contributed by atoms with van der Waals surface area (Å²) in [5, 5.41) is 1.88. The van der Waals surface area contributed by atoms with Crippen molar-refractivity contribution < 1.29 is 9.53 Å². The number of piperidine rings is 1. The predicted molar refractivity (Wildman–Crippen MR) is 79.1 cm³/mol. The minimum Gasteiger partial charge on any atom is -0.459 e. The molecular weight excluding hydrogens is 252 g/mol. The maximum absolute atomic E-state index is 12.1. The van der Waals surface area contributed by atoms with Crippen molar-refractivity contribution in [3.63, 3.8) is 0 Å². The molecule has 1 aliphatic rings. The molecule has 4 heteroatoms. The van der Waals surface area contributed by atoms with Gasteiger partial charge in [0.1, 0.15) is 6.10 Å². The number of rotatable bonds is 2. The number of hydrogen-bond acceptors (Lipinski definition) is 4. The molecule has 1 aliphatic heterocycles. The molecule has 0 radical (unpaired) electrons. The van der Waals surface area contributed by atoms with Crippen molar-refractivity contribution in [2.24, 2.45) is 5.84 Å². The molecule has 2 rings (SSSR count). The number of hydrogen-bond donors (Lipinski definition) is 1. The van der Waals surface area contributed by atoms with E-state index in [4.69, 9.17) is 10.6 Å². The summed E-state index contributed by atoms with van der Waals surface area (Å²) in [7, 11) is 0. The second-order valence-electron chi connectivity index (χ2n) is 6.80. The molecule has 0 saturated carbocycles. The molecule has 1 aromatic carbocycles. The van der Waals surface area contributed by atoms with Crippen LogP contribution in [-0.4, -0.2) is 28.2 Å². The van der Waals surface area contributed by atoms with Crippen LogP contribution < -0.4 is 5.84 Å². The molecule has 20 heavy (non-hydrogen) atoms. The summed E-state index contributed by atoms with van der Waals surface area (Å²) >= 11 is 0. The number of esters is 1. The Morgan fingerprint density at radius 2 is 1.65 bits per heavy atom. The molecule has 0 aliphatic carbocycles. The van der Waals surface area contributed by atoms with Crippen LogP contribution in [0.5, 0.6) is 0 Å². The molecule has 4 nitrogen and oxygen atoms in total. The summed E-state index contributed by atoms with van der Waals surface area (Å²) in [4.78, 5) is 12.1. The smallest absolute Gasteiger partial charge is 0.338 e. The summed E-state index contributed by atoms with van der Waals surface area (Å²) in [5.41, 5.74) is 0.213. The molecule has 2 N–H and O–H groups in total. The third-order valence-corrected chi connectivity index (χ3v) is 4.04. The molecule has 0 spiro atoms. The van der Waals surface area contributed by atoms with E-state index in [-0.39, 0.29) is 23.2 Å². The fourth-order valence-corrected chi connectivity index (χ4v) is 3.08. The van der Waals surface area contributed by atoms with Gasteiger partial charge in [-0.3, -0.25) is 5.84 Å². The lowest BCUT2D eigenvalue weighted by Gasteiger charge is -2.52. The van der Waals surface area contributed by atoms with E-state index in [0.717, 1.165) is 12.8 Å². The van der Waals surface area contributed by atoms with Gasteiger partial charge >= 0.3 is 5.97 Å². The third-order valence-electron chi connectivity index (χ3n) is 4.04. The highest BCUT2D eigenvalue weighted by molar-refractivity contribution is 5.89. The summed E-state index contributed by atoms with van der Waals surface area (Å²) in [6.45, 7) is 8.32. The van der Waals surface area contributed by atoms with Gasteiger partial charge in [-0.2, -0.15) is 0 Å². The number of benzene rings is 1. The fraction of sp³-hybridized carbons (Fsp3) is 0.562. The Morgan fingerprint density at radius 3 is 2.15 bits per heavy atom. The average molecular weight is 276 g/mol. The van der Waals surface area contributed by atoms with Gasteiger partial charge in [-0.1, -0.05) is 18.2 Å². The zero-order valence-electron chi connectivity index (χ0n) is 12.7. The standard InChI is InChI=1S/C16H24N2O2/c1-15(2)10-13(11-16(3,4)18(15)17)20-14(19)12-8-6-5-7-9-12/h5-9,13H,10-11,17H2,1-4H3. The van der Waals surface area contributed by atoms with Crippen LogP contribution in [-0.2, 0) is 4.74 Å². The number of nitrogens with two attached hydrogens (primary N) is 1. The second-order valence-corrected chi connectivity index (χ2v) is 6.80. The van der Waals surface area contributed by atoms with E-state index in [0.29, 0.717) is 5.56 Å². The van der Waals surface area contributed by atoms with Gasteiger partial charge in [0.2, 0.25) is 0 Å². The maximum Gasteiger partial charge on any atom is 0.338 e. The first-order valence-electron chi connectivity index (χ1n) is 7.03. The Bertz CT molecular complexity index is 465. The third kappa shape index (κ3) is 3.02. The molecule has 0 amide bonds. The van der Waals surface area contributed by atoms with Gasteiger partial charge < -0.3 is 4.74 Å². The van der Waals surface area contributed by atoms with Crippen LogP contribution in [0.4, 0.5) is 0 Å². The normalized spacial score (nSPS) is 22.4. The lowest BCUT2D eigenvalue weighted by atomic mass is 9.80. The van der Waals surface area contributed by atoms with Gasteiger partial charge in [-0.05, 0) is 39.8 Å². The first-order chi connectivity index (χ1) is 9.22. The number of ether oxygens (including phenoxy) is 1. The number of carbonyl (C=O) groups is 1. The first kappa shape index (κ1) is 15.0. The van der Waals surface area contributed by atoms with E-state index in [9.17, 15) is 4.79 Å². The van der Waals surface area contributed by atoms with E-state index in [1.54, 1.807) is 12.1 Å². The average Bonchev–Trinajstić information content (AvgIpc) is 2.36. The fourth-order valence-electron chi connectivity index (χ4n) is 3.08. The molecule has 1 aromatic rings. The van der Waals surface area contributed by atoms with Crippen LogP contribution in [0.25, 0.3) is 0 Å². The Morgan fingerprint density at radius 1 is 1.15 bits per heavy atom. The molecular formula is C16H24N2O2. The zero-order chi connectivity index (χ0) is 15.0. The first-order valence-corrected chi connectivity index (χ1v) is 7.03. The van der Waals surface area contributed by atoms with Crippen molar-refractivity contribution in [1.82, 2.24) is 5.01 Å². The van der Waals surface area contributed by atoms with Gasteiger partial charge in [-0.25, -0.2) is 9.80 Å². The highest BCUT2D eigenvalue weighted by atomic mass is 16.5. The van der Waals surface area contributed by atoms with Crippen LogP contribution in [0.15, 0.2) is 30.3 Å². The molecule has 0 atom stereocenters. The highest BCUT2D eigenvalue weighted by Crippen LogP contribution is 2.37. The molecule has 1 saturated heterocycles. The molecule has 1 fully saturated rings. The van der Waals surface area contributed by atoms with E-state index in [1.807, 2.05) is 23.2 Å². The van der Waals surface area contributed by atoms with Crippen molar-refractivity contribution in [1.29, 1.82) is 0 Å². The lowest BCUT2D eigenvalue weighted by Crippen LogP contribution is -2.65. The Kier molecular flexibility index (Phi) is 3.89. The second kappa shape index (κ2) is 5.19. The molecule has 0 aromatic heterocycles. The van der Waals surface area contributed by atoms with Crippen molar-refractivity contribution in [2.45, 2.75) is 57.7 Å². The summed E-state index contributed by atoms with van der Waals surface area (Å²) in [6.07, 6.45) is 1.38. The quantitative estimate of drug-likeness (QED) is 0.666. The van der Waals surface area contributed by atoms with E-state index in [2.05, 4.69) is 27.7 Å². The number of hydrazine groups is 1. The Labute approximate surface area is 120 Å². The minimum atomic E-state index is -0.257. The number of carbonyl (C=O) groups excluding carboxylic acids is 1. The zero-order valence-corrected chi connectivity index (χ0v) is 12.7. The van der Waals surface area contributed by atoms with Crippen molar-refractivity contribution in [2.75, 3.05) is 0 Å². The van der Waals surface area contributed by atoms with Crippen molar-refractivity contribution >= 4 is 5.97 Å². The van der Waals surface area contributed by atoms with Gasteiger partial charge in [0.05, 0.1) is 5.56 Å². The van der Waals surface area contributed by atoms with Gasteiger partial charge in [0.15, 0.2) is 0 Å². The van der Waals surface area contributed by atoms with Crippen LogP contribution >= 0.6 is 0 Å². The predicted octanol–water partition coefficient (Wildman–Crippen LogP) is 2.74. The van der Waals surface area contributed by atoms with Crippen molar-refractivity contribution in [3.8, 4) is 0 Å². The summed E-state index contributed by atoms with van der Waals surface area (Å²) in [5.74, 6) is 5.93. The van der Waals surface area contributed by atoms with E-state index >= 15 is 0 Å². The largest absolute Gasteiger partial charge is 0.459 e. The molecule has 0 unspecified atom stereocenters. The van der Waals surface area contributed by atoms with Crippen LogP contribution in [0.2, 0.25) is 0 Å². The molecule has 0 bridgehead atoms. The van der Waals surface area contributed by atoms with E-state index in [1.165, 1.54) is 0 Å². The Hall–Kier alpha value is -1.39. The topological polar surface area (TPSA) is 55.6 Å². The van der Waals surface area contributed by atoms with Crippen LogP contribution in [0.1, 0.15) is 50.9 Å². The van der Waals surface area contributed by atoms with Crippen LogP contribution in [0.3, 0.4) is 0 Å². The van der Waals surface area contributed by atoms with Gasteiger partial charge in [-0.15, -0.1) is 0 Å². The Balaban J connectivity index is 2.09. The van der Waals surface area contributed by atoms with Crippen molar-refractivity contribution in [3.05, 3.63) is 35.9 Å². The summed E-state index contributed by atoms with van der Waals surface area (Å²) in [6, 6.07) is 9.11. The minimum absolute atomic E-state index is 0.104. The molecule has 110 valence electrons. The van der Waals surface area contributed by atoms with Gasteiger partial charge in [0, 0.05) is 23.9 Å². The van der Waals surface area contributed by atoms with Crippen LogP contribution in [0, 0.1) is 0 Å². The monoisotopic (exact) mass is 276 g/mol.